The molecule has 0 radical (unpaired) electrons. The van der Waals surface area contributed by atoms with Crippen molar-refractivity contribution in [3.8, 4) is 0 Å². The van der Waals surface area contributed by atoms with E-state index in [2.05, 4.69) is 55.8 Å². The predicted octanol–water partition coefficient (Wildman–Crippen LogP) is 5.50. The number of fused-ring (bicyclic) bond motifs is 6. The zero-order valence-electron chi connectivity index (χ0n) is 36.5. The van der Waals surface area contributed by atoms with E-state index in [1.165, 1.54) is 16.7 Å². The van der Waals surface area contributed by atoms with E-state index in [4.69, 9.17) is 16.6 Å². The molecule has 0 aromatic heterocycles. The van der Waals surface area contributed by atoms with Gasteiger partial charge in [-0.25, -0.2) is 0 Å². The van der Waals surface area contributed by atoms with E-state index >= 15 is 4.79 Å². The van der Waals surface area contributed by atoms with E-state index < -0.39 is 58.2 Å². The largest absolute Gasteiger partial charge is 0.481 e. The molecular weight excluding hydrogens is 761 g/mol. The summed E-state index contributed by atoms with van der Waals surface area (Å²) in [5.74, 6) is -3.11. The maximum atomic E-state index is 15.3. The minimum absolute atomic E-state index is 0.0451. The van der Waals surface area contributed by atoms with Gasteiger partial charge in [0.25, 0.3) is 0 Å². The number of aryl methyl sites for hydroxylation is 2. The summed E-state index contributed by atoms with van der Waals surface area (Å²) < 4.78 is 0. The van der Waals surface area contributed by atoms with Crippen LogP contribution in [0.2, 0.25) is 0 Å². The van der Waals surface area contributed by atoms with Gasteiger partial charge in [0.15, 0.2) is 0 Å². The highest BCUT2D eigenvalue weighted by Gasteiger charge is 2.61. The summed E-state index contributed by atoms with van der Waals surface area (Å²) in [6.07, 6.45) is 8.79. The number of aliphatic carboxylic acids is 1. The van der Waals surface area contributed by atoms with Crippen LogP contribution in [-0.2, 0) is 52.4 Å². The number of rotatable bonds is 13. The lowest BCUT2D eigenvalue weighted by Gasteiger charge is -2.60. The first-order valence-electron chi connectivity index (χ1n) is 21.9. The second-order valence-corrected chi connectivity index (χ2v) is 19.6. The van der Waals surface area contributed by atoms with Crippen molar-refractivity contribution in [2.24, 2.45) is 28.9 Å². The highest BCUT2D eigenvalue weighted by molar-refractivity contribution is 5.98. The van der Waals surface area contributed by atoms with Gasteiger partial charge in [0.2, 0.25) is 30.0 Å². The first kappa shape index (κ1) is 44.8. The summed E-state index contributed by atoms with van der Waals surface area (Å²) >= 11 is 0. The van der Waals surface area contributed by atoms with Crippen LogP contribution in [0.5, 0.6) is 0 Å². The summed E-state index contributed by atoms with van der Waals surface area (Å²) in [7, 11) is 0. The number of hydrogen-bond donors (Lipinski definition) is 6. The van der Waals surface area contributed by atoms with Gasteiger partial charge in [-0.05, 0) is 147 Å². The second-order valence-electron chi connectivity index (χ2n) is 19.6. The summed E-state index contributed by atoms with van der Waals surface area (Å²) in [5.41, 5.74) is 16.3. The molecule has 2 aromatic rings. The highest BCUT2D eigenvalue weighted by atomic mass is 16.4. The van der Waals surface area contributed by atoms with Gasteiger partial charge in [0, 0.05) is 17.8 Å². The van der Waals surface area contributed by atoms with Crippen LogP contribution < -0.4 is 27.4 Å². The molecule has 13 nitrogen and oxygen atoms in total. The van der Waals surface area contributed by atoms with Gasteiger partial charge in [-0.3, -0.25) is 33.7 Å². The van der Waals surface area contributed by atoms with Crippen LogP contribution in [0, 0.1) is 23.2 Å². The SMILES string of the molecule is CC(C)[C@H](NC(=O)[C@@H](N)CCC(=O)O)C(=O)N[C@@H](C)C(=O)Nc1ccc2c(c1)[C@@]1(C)CCC[C@](C)(C(=O)N(C=O)[C@@]3(C)CCC[C@]4(C)c5cc(N)ccc5CC[C@@H]34)[C@@H]1CC2. The Labute approximate surface area is 354 Å². The third-order valence-corrected chi connectivity index (χ3v) is 15.3. The quantitative estimate of drug-likeness (QED) is 0.111. The average Bonchev–Trinajstić information content (AvgIpc) is 3.19. The Bertz CT molecular complexity index is 2040. The van der Waals surface area contributed by atoms with Gasteiger partial charge in [-0.2, -0.15) is 0 Å². The van der Waals surface area contributed by atoms with Gasteiger partial charge < -0.3 is 32.5 Å². The van der Waals surface area contributed by atoms with Crippen LogP contribution in [0.4, 0.5) is 11.4 Å². The van der Waals surface area contributed by atoms with Crippen molar-refractivity contribution < 1.29 is 33.9 Å². The number of benzene rings is 2. The van der Waals surface area contributed by atoms with Gasteiger partial charge >= 0.3 is 5.97 Å². The molecule has 5 amide bonds. The topological polar surface area (TPSA) is 214 Å². The summed E-state index contributed by atoms with van der Waals surface area (Å²) in [6, 6.07) is 9.08. The molecule has 0 saturated heterocycles. The first-order chi connectivity index (χ1) is 28.2. The molecule has 0 heterocycles. The van der Waals surface area contributed by atoms with Crippen molar-refractivity contribution in [2.75, 3.05) is 11.1 Å². The number of nitrogens with two attached hydrogens (primary N) is 2. The number of anilines is 2. The number of nitrogen functional groups attached to an aromatic ring is 1. The Morgan fingerprint density at radius 3 is 2.05 bits per heavy atom. The maximum Gasteiger partial charge on any atom is 0.303 e. The van der Waals surface area contributed by atoms with Gasteiger partial charge in [-0.1, -0.05) is 59.6 Å². The van der Waals surface area contributed by atoms with Gasteiger partial charge in [-0.15, -0.1) is 0 Å². The molecule has 13 heteroatoms. The summed E-state index contributed by atoms with van der Waals surface area (Å²) in [6.45, 7) is 13.8. The fourth-order valence-electron chi connectivity index (χ4n) is 12.0. The number of hydrogen-bond acceptors (Lipinski definition) is 8. The van der Waals surface area contributed by atoms with Crippen molar-refractivity contribution in [1.82, 2.24) is 15.5 Å². The molecule has 326 valence electrons. The van der Waals surface area contributed by atoms with E-state index in [-0.39, 0.29) is 41.9 Å². The zero-order chi connectivity index (χ0) is 43.9. The molecule has 0 spiro atoms. The van der Waals surface area contributed by atoms with Crippen molar-refractivity contribution >= 4 is 47.4 Å². The lowest BCUT2D eigenvalue weighted by atomic mass is 9.48. The third kappa shape index (κ3) is 8.06. The second kappa shape index (κ2) is 16.9. The third-order valence-electron chi connectivity index (χ3n) is 15.3. The molecular formula is C47H66N6O7. The smallest absolute Gasteiger partial charge is 0.303 e. The molecule has 0 bridgehead atoms. The summed E-state index contributed by atoms with van der Waals surface area (Å²) in [5, 5.41) is 17.2. The molecule has 4 aliphatic rings. The first-order valence-corrected chi connectivity index (χ1v) is 21.9. The highest BCUT2D eigenvalue weighted by Crippen LogP contribution is 2.60. The Balaban J connectivity index is 1.19. The fraction of sp³-hybridized carbons (Fsp3) is 0.617. The van der Waals surface area contributed by atoms with Crippen LogP contribution in [0.15, 0.2) is 36.4 Å². The number of carbonyl (C=O) groups is 6. The monoisotopic (exact) mass is 826 g/mol. The molecule has 6 rings (SSSR count). The van der Waals surface area contributed by atoms with Crippen LogP contribution in [0.3, 0.4) is 0 Å². The molecule has 2 aromatic carbocycles. The fourth-order valence-corrected chi connectivity index (χ4v) is 12.0. The van der Waals surface area contributed by atoms with E-state index in [9.17, 15) is 24.0 Å². The Morgan fingerprint density at radius 1 is 0.817 bits per heavy atom. The maximum absolute atomic E-state index is 15.3. The van der Waals surface area contributed by atoms with E-state index in [0.717, 1.165) is 75.4 Å². The Morgan fingerprint density at radius 2 is 1.42 bits per heavy atom. The molecule has 9 atom stereocenters. The van der Waals surface area contributed by atoms with Crippen molar-refractivity contribution in [1.29, 1.82) is 0 Å². The number of nitrogens with zero attached hydrogens (tertiary/aromatic N) is 1. The number of nitrogens with one attached hydrogen (secondary N) is 3. The molecule has 0 unspecified atom stereocenters. The molecule has 0 aliphatic heterocycles. The minimum atomic E-state index is -1.10. The molecule has 8 N–H and O–H groups in total. The van der Waals surface area contributed by atoms with E-state index in [0.29, 0.717) is 12.1 Å². The van der Waals surface area contributed by atoms with Crippen molar-refractivity contribution in [2.45, 2.75) is 160 Å². The number of carboxylic acid groups (broad SMARTS) is 1. The van der Waals surface area contributed by atoms with Crippen molar-refractivity contribution in [3.05, 3.63) is 58.7 Å². The Kier molecular flexibility index (Phi) is 12.6. The number of imide groups is 1. The summed E-state index contributed by atoms with van der Waals surface area (Å²) in [4.78, 5) is 80.8. The number of carbonyl (C=O) groups excluding carboxylic acids is 5. The minimum Gasteiger partial charge on any atom is -0.481 e. The van der Waals surface area contributed by atoms with Crippen molar-refractivity contribution in [3.63, 3.8) is 0 Å². The molecule has 2 fully saturated rings. The molecule has 60 heavy (non-hydrogen) atoms. The standard InChI is InChI=1S/C47H66N6O7/c1-27(2)39(52-41(58)35(49)16-19-38(55)56)42(59)50-28(3)40(57)51-32-15-11-30-12-17-36-44(4,34(30)25-32)20-8-22-46(36,6)43(60)53(26-54)47(7)23-9-21-45(5)33-24-31(48)14-10-29(33)13-18-37(45)47/h10-11,14-15,24-28,35-37,39H,8-9,12-13,16-23,48-49H2,1-7H3,(H,50,59)(H,51,57)(H,52,58)(H,55,56)/t28-,35-,36+,37+,39-,44+,45+,46-,47-/m0/s1. The van der Waals surface area contributed by atoms with Gasteiger partial charge in [0.1, 0.15) is 12.1 Å². The van der Waals surface area contributed by atoms with E-state index in [1.807, 2.05) is 24.3 Å². The van der Waals surface area contributed by atoms with Crippen LogP contribution in [0.1, 0.15) is 135 Å². The van der Waals surface area contributed by atoms with Gasteiger partial charge in [0.05, 0.1) is 17.0 Å². The normalized spacial score (nSPS) is 29.6. The predicted molar refractivity (Wildman–Crippen MR) is 231 cm³/mol. The van der Waals surface area contributed by atoms with Crippen LogP contribution in [-0.4, -0.2) is 69.7 Å². The van der Waals surface area contributed by atoms with E-state index in [1.54, 1.807) is 25.7 Å². The Hall–Kier alpha value is -4.78. The zero-order valence-corrected chi connectivity index (χ0v) is 36.5. The number of amides is 5. The van der Waals surface area contributed by atoms with Crippen LogP contribution >= 0.6 is 0 Å². The average molecular weight is 827 g/mol. The lowest BCUT2D eigenvalue weighted by Crippen LogP contribution is -2.66. The lowest BCUT2D eigenvalue weighted by molar-refractivity contribution is -0.166. The number of carboxylic acids is 1. The van der Waals surface area contributed by atoms with Crippen LogP contribution in [0.25, 0.3) is 0 Å². The molecule has 4 aliphatic carbocycles. The molecule has 2 saturated carbocycles.